The summed E-state index contributed by atoms with van der Waals surface area (Å²) in [6, 6.07) is 17.1. The minimum atomic E-state index is -0.825. The highest BCUT2D eigenvalue weighted by atomic mass is 16.3. The zero-order chi connectivity index (χ0) is 15.7. The summed E-state index contributed by atoms with van der Waals surface area (Å²) in [6.07, 6.45) is -0.213. The van der Waals surface area contributed by atoms with Crippen LogP contribution in [0.15, 0.2) is 54.6 Å². The van der Waals surface area contributed by atoms with Gasteiger partial charge in [-0.05, 0) is 23.1 Å². The molecule has 2 aromatic carbocycles. The fourth-order valence-electron chi connectivity index (χ4n) is 3.33. The summed E-state index contributed by atoms with van der Waals surface area (Å²) >= 11 is 0. The van der Waals surface area contributed by atoms with Gasteiger partial charge < -0.3 is 10.8 Å². The van der Waals surface area contributed by atoms with Crippen molar-refractivity contribution in [3.05, 3.63) is 71.3 Å². The Balaban J connectivity index is 1.97. The lowest BCUT2D eigenvalue weighted by Crippen LogP contribution is -2.47. The average molecular weight is 295 g/mol. The SMILES string of the molecule is CC(C(=O)C1c2ccccc2CC(N)[C@@H]1O)c1ccccc1. The van der Waals surface area contributed by atoms with Gasteiger partial charge in [0.15, 0.2) is 0 Å². The Bertz CT molecular complexity index is 668. The van der Waals surface area contributed by atoms with Crippen LogP contribution in [0.3, 0.4) is 0 Å². The lowest BCUT2D eigenvalue weighted by molar-refractivity contribution is -0.124. The predicted molar refractivity (Wildman–Crippen MR) is 86.7 cm³/mol. The number of carbonyl (C=O) groups excluding carboxylic acids is 1. The van der Waals surface area contributed by atoms with E-state index in [4.69, 9.17) is 5.73 Å². The maximum atomic E-state index is 13.0. The Morgan fingerprint density at radius 1 is 1.14 bits per heavy atom. The van der Waals surface area contributed by atoms with E-state index in [1.165, 1.54) is 0 Å². The number of benzene rings is 2. The van der Waals surface area contributed by atoms with Crippen molar-refractivity contribution >= 4 is 5.78 Å². The van der Waals surface area contributed by atoms with Crippen LogP contribution < -0.4 is 5.73 Å². The highest BCUT2D eigenvalue weighted by Gasteiger charge is 2.39. The maximum Gasteiger partial charge on any atom is 0.150 e. The van der Waals surface area contributed by atoms with Gasteiger partial charge in [0.2, 0.25) is 0 Å². The molecule has 1 aliphatic rings. The van der Waals surface area contributed by atoms with Crippen molar-refractivity contribution < 1.29 is 9.90 Å². The summed E-state index contributed by atoms with van der Waals surface area (Å²) in [5, 5.41) is 10.5. The molecule has 0 bridgehead atoms. The molecular weight excluding hydrogens is 274 g/mol. The third-order valence-corrected chi connectivity index (χ3v) is 4.66. The van der Waals surface area contributed by atoms with E-state index in [-0.39, 0.29) is 11.7 Å². The summed E-state index contributed by atoms with van der Waals surface area (Å²) in [5.41, 5.74) is 9.02. The molecule has 0 amide bonds. The lowest BCUT2D eigenvalue weighted by Gasteiger charge is -2.35. The molecule has 22 heavy (non-hydrogen) atoms. The summed E-state index contributed by atoms with van der Waals surface area (Å²) in [6.45, 7) is 1.90. The Hall–Kier alpha value is -1.97. The number of ketones is 1. The molecule has 0 fully saturated rings. The van der Waals surface area contributed by atoms with Gasteiger partial charge in [-0.2, -0.15) is 0 Å². The molecule has 2 aromatic rings. The molecule has 0 aliphatic heterocycles. The van der Waals surface area contributed by atoms with Crippen LogP contribution in [0, 0.1) is 0 Å². The quantitative estimate of drug-likeness (QED) is 0.914. The van der Waals surface area contributed by atoms with Crippen molar-refractivity contribution in [2.75, 3.05) is 0 Å². The van der Waals surface area contributed by atoms with Gasteiger partial charge in [0, 0.05) is 12.0 Å². The smallest absolute Gasteiger partial charge is 0.150 e. The molecule has 3 rings (SSSR count). The van der Waals surface area contributed by atoms with Crippen LogP contribution in [0.5, 0.6) is 0 Å². The summed E-state index contributed by atoms with van der Waals surface area (Å²) in [4.78, 5) is 13.0. The number of Topliss-reactive ketones (excluding diaryl/α,β-unsaturated/α-hetero) is 1. The Morgan fingerprint density at radius 2 is 1.77 bits per heavy atom. The number of nitrogens with two attached hydrogens (primary N) is 1. The van der Waals surface area contributed by atoms with E-state index in [0.717, 1.165) is 16.7 Å². The van der Waals surface area contributed by atoms with Crippen LogP contribution in [-0.4, -0.2) is 23.0 Å². The monoisotopic (exact) mass is 295 g/mol. The highest BCUT2D eigenvalue weighted by molar-refractivity contribution is 5.92. The first-order valence-electron chi connectivity index (χ1n) is 7.69. The summed E-state index contributed by atoms with van der Waals surface area (Å²) < 4.78 is 0. The van der Waals surface area contributed by atoms with Crippen molar-refractivity contribution in [2.24, 2.45) is 5.73 Å². The number of fused-ring (bicyclic) bond motifs is 1. The second kappa shape index (κ2) is 6.03. The summed E-state index contributed by atoms with van der Waals surface area (Å²) in [7, 11) is 0. The highest BCUT2D eigenvalue weighted by Crippen LogP contribution is 2.35. The van der Waals surface area contributed by atoms with Gasteiger partial charge in [-0.15, -0.1) is 0 Å². The molecule has 0 spiro atoms. The van der Waals surface area contributed by atoms with Gasteiger partial charge in [0.1, 0.15) is 5.78 Å². The van der Waals surface area contributed by atoms with E-state index >= 15 is 0 Å². The Kier molecular flexibility index (Phi) is 4.10. The van der Waals surface area contributed by atoms with Gasteiger partial charge in [-0.1, -0.05) is 61.5 Å². The average Bonchev–Trinajstić information content (AvgIpc) is 2.55. The topological polar surface area (TPSA) is 63.3 Å². The first-order valence-corrected chi connectivity index (χ1v) is 7.69. The Labute approximate surface area is 130 Å². The molecule has 3 heteroatoms. The largest absolute Gasteiger partial charge is 0.390 e. The van der Waals surface area contributed by atoms with Gasteiger partial charge in [-0.25, -0.2) is 0 Å². The van der Waals surface area contributed by atoms with Crippen molar-refractivity contribution in [3.8, 4) is 0 Å². The second-order valence-corrected chi connectivity index (χ2v) is 6.07. The standard InChI is InChI=1S/C19H21NO2/c1-12(13-7-3-2-4-8-13)18(21)17-15-10-6-5-9-14(15)11-16(20)19(17)22/h2-10,12,16-17,19,22H,11,20H2,1H3/t12?,16?,17?,19-/m0/s1. The van der Waals surface area contributed by atoms with Crippen LogP contribution in [0.25, 0.3) is 0 Å². The van der Waals surface area contributed by atoms with Crippen LogP contribution in [-0.2, 0) is 11.2 Å². The number of carbonyl (C=O) groups is 1. The zero-order valence-corrected chi connectivity index (χ0v) is 12.6. The fourth-order valence-corrected chi connectivity index (χ4v) is 3.33. The van der Waals surface area contributed by atoms with Crippen molar-refractivity contribution in [1.82, 2.24) is 0 Å². The number of rotatable bonds is 3. The number of hydrogen-bond acceptors (Lipinski definition) is 3. The molecule has 4 atom stereocenters. The molecule has 3 nitrogen and oxygen atoms in total. The summed E-state index contributed by atoms with van der Waals surface area (Å²) in [5.74, 6) is -0.782. The van der Waals surface area contributed by atoms with Gasteiger partial charge >= 0.3 is 0 Å². The van der Waals surface area contributed by atoms with Gasteiger partial charge in [-0.3, -0.25) is 4.79 Å². The minimum absolute atomic E-state index is 0.0290. The van der Waals surface area contributed by atoms with Crippen LogP contribution in [0.4, 0.5) is 0 Å². The van der Waals surface area contributed by atoms with Crippen molar-refractivity contribution in [2.45, 2.75) is 37.3 Å². The number of hydrogen-bond donors (Lipinski definition) is 2. The molecular formula is C19H21NO2. The fraction of sp³-hybridized carbons (Fsp3) is 0.316. The predicted octanol–water partition coefficient (Wildman–Crippen LogP) is 2.39. The Morgan fingerprint density at radius 3 is 2.50 bits per heavy atom. The molecule has 0 heterocycles. The first-order chi connectivity index (χ1) is 10.6. The van der Waals surface area contributed by atoms with E-state index < -0.39 is 18.1 Å². The van der Waals surface area contributed by atoms with Crippen LogP contribution in [0.1, 0.15) is 35.4 Å². The van der Waals surface area contributed by atoms with Gasteiger partial charge in [0.05, 0.1) is 12.0 Å². The molecule has 114 valence electrons. The molecule has 3 unspecified atom stereocenters. The normalized spacial score (nSPS) is 25.3. The minimum Gasteiger partial charge on any atom is -0.390 e. The van der Waals surface area contributed by atoms with Crippen molar-refractivity contribution in [3.63, 3.8) is 0 Å². The van der Waals surface area contributed by atoms with Crippen LogP contribution >= 0.6 is 0 Å². The first kappa shape index (κ1) is 14.9. The van der Waals surface area contributed by atoms with E-state index in [0.29, 0.717) is 6.42 Å². The van der Waals surface area contributed by atoms with E-state index in [1.807, 2.05) is 61.5 Å². The molecule has 3 N–H and O–H groups in total. The maximum absolute atomic E-state index is 13.0. The van der Waals surface area contributed by atoms with Gasteiger partial charge in [0.25, 0.3) is 0 Å². The second-order valence-electron chi connectivity index (χ2n) is 6.07. The third-order valence-electron chi connectivity index (χ3n) is 4.66. The molecule has 1 aliphatic carbocycles. The third kappa shape index (κ3) is 2.58. The van der Waals surface area contributed by atoms with Crippen LogP contribution in [0.2, 0.25) is 0 Å². The molecule has 0 saturated heterocycles. The molecule has 0 radical (unpaired) electrons. The van der Waals surface area contributed by atoms with E-state index in [2.05, 4.69) is 0 Å². The zero-order valence-electron chi connectivity index (χ0n) is 12.6. The molecule has 0 aromatic heterocycles. The van der Waals surface area contributed by atoms with E-state index in [1.54, 1.807) is 0 Å². The van der Waals surface area contributed by atoms with Crippen molar-refractivity contribution in [1.29, 1.82) is 0 Å². The molecule has 0 saturated carbocycles. The number of aliphatic hydroxyl groups is 1. The number of aliphatic hydroxyl groups excluding tert-OH is 1. The lowest BCUT2D eigenvalue weighted by atomic mass is 9.73. The van der Waals surface area contributed by atoms with E-state index in [9.17, 15) is 9.90 Å².